The molecule has 2 rings (SSSR count). The summed E-state index contributed by atoms with van der Waals surface area (Å²) in [4.78, 5) is 4.14. The Kier molecular flexibility index (Phi) is 5.24. The molecule has 0 saturated carbocycles. The van der Waals surface area contributed by atoms with Crippen LogP contribution in [0.15, 0.2) is 42.7 Å². The molecule has 0 saturated heterocycles. The summed E-state index contributed by atoms with van der Waals surface area (Å²) in [6, 6.07) is 9.34. The number of nitrogens with zero attached hydrogens (tertiary/aromatic N) is 1. The zero-order valence-corrected chi connectivity index (χ0v) is 12.1. The summed E-state index contributed by atoms with van der Waals surface area (Å²) in [6.07, 6.45) is 5.51. The SMILES string of the molecule is CCCNC(Cc1cccnc1)c1cc(C)cc(F)c1. The highest BCUT2D eigenvalue weighted by molar-refractivity contribution is 5.28. The zero-order chi connectivity index (χ0) is 14.4. The minimum Gasteiger partial charge on any atom is -0.310 e. The second-order valence-electron chi connectivity index (χ2n) is 5.13. The normalized spacial score (nSPS) is 12.3. The van der Waals surface area contributed by atoms with Gasteiger partial charge in [-0.2, -0.15) is 0 Å². The molecule has 0 amide bonds. The lowest BCUT2D eigenvalue weighted by Crippen LogP contribution is -2.24. The highest BCUT2D eigenvalue weighted by Crippen LogP contribution is 2.20. The number of benzene rings is 1. The molecule has 0 aliphatic rings. The highest BCUT2D eigenvalue weighted by atomic mass is 19.1. The van der Waals surface area contributed by atoms with Crippen LogP contribution < -0.4 is 5.32 Å². The zero-order valence-electron chi connectivity index (χ0n) is 12.1. The van der Waals surface area contributed by atoms with E-state index in [0.29, 0.717) is 0 Å². The van der Waals surface area contributed by atoms with Gasteiger partial charge in [-0.05, 0) is 61.2 Å². The van der Waals surface area contributed by atoms with E-state index < -0.39 is 0 Å². The summed E-state index contributed by atoms with van der Waals surface area (Å²) < 4.78 is 13.6. The first kappa shape index (κ1) is 14.7. The standard InChI is InChI=1S/C17H21FN2/c1-3-6-20-17(10-14-5-4-7-19-12-14)15-8-13(2)9-16(18)11-15/h4-5,7-9,11-12,17,20H,3,6,10H2,1-2H3. The fourth-order valence-electron chi connectivity index (χ4n) is 2.35. The van der Waals surface area contributed by atoms with Gasteiger partial charge in [0.2, 0.25) is 0 Å². The Morgan fingerprint density at radius 2 is 2.15 bits per heavy atom. The summed E-state index contributed by atoms with van der Waals surface area (Å²) in [5.41, 5.74) is 3.11. The molecule has 1 unspecified atom stereocenters. The predicted octanol–water partition coefficient (Wildman–Crippen LogP) is 3.81. The maximum Gasteiger partial charge on any atom is 0.123 e. The number of pyridine rings is 1. The number of rotatable bonds is 6. The number of hydrogen-bond donors (Lipinski definition) is 1. The lowest BCUT2D eigenvalue weighted by molar-refractivity contribution is 0.523. The molecule has 1 aromatic carbocycles. The molecule has 0 spiro atoms. The van der Waals surface area contributed by atoms with Gasteiger partial charge in [-0.25, -0.2) is 4.39 Å². The Bertz CT molecular complexity index is 520. The Morgan fingerprint density at radius 3 is 2.80 bits per heavy atom. The van der Waals surface area contributed by atoms with E-state index in [1.165, 1.54) is 0 Å². The van der Waals surface area contributed by atoms with Gasteiger partial charge in [-0.1, -0.05) is 19.1 Å². The number of aromatic nitrogens is 1. The molecule has 1 heterocycles. The van der Waals surface area contributed by atoms with E-state index in [-0.39, 0.29) is 11.9 Å². The van der Waals surface area contributed by atoms with Crippen molar-refractivity contribution in [3.05, 3.63) is 65.2 Å². The van der Waals surface area contributed by atoms with Crippen LogP contribution in [0, 0.1) is 12.7 Å². The quantitative estimate of drug-likeness (QED) is 0.865. The summed E-state index contributed by atoms with van der Waals surface area (Å²) >= 11 is 0. The van der Waals surface area contributed by atoms with E-state index >= 15 is 0 Å². The first-order valence-electron chi connectivity index (χ1n) is 7.08. The Balaban J connectivity index is 2.22. The van der Waals surface area contributed by atoms with Gasteiger partial charge >= 0.3 is 0 Å². The fourth-order valence-corrected chi connectivity index (χ4v) is 2.35. The molecule has 106 valence electrons. The van der Waals surface area contributed by atoms with Crippen LogP contribution >= 0.6 is 0 Å². The fraction of sp³-hybridized carbons (Fsp3) is 0.353. The van der Waals surface area contributed by atoms with E-state index in [1.807, 2.05) is 25.3 Å². The first-order chi connectivity index (χ1) is 9.69. The average Bonchev–Trinajstić information content (AvgIpc) is 2.43. The minimum absolute atomic E-state index is 0.119. The third-order valence-electron chi connectivity index (χ3n) is 3.27. The molecule has 1 N–H and O–H groups in total. The van der Waals surface area contributed by atoms with E-state index in [2.05, 4.69) is 23.3 Å². The van der Waals surface area contributed by atoms with Crippen molar-refractivity contribution in [1.29, 1.82) is 0 Å². The molecule has 0 bridgehead atoms. The topological polar surface area (TPSA) is 24.9 Å². The Labute approximate surface area is 120 Å². The van der Waals surface area contributed by atoms with Gasteiger partial charge in [-0.3, -0.25) is 4.98 Å². The van der Waals surface area contributed by atoms with Crippen LogP contribution in [0.4, 0.5) is 4.39 Å². The van der Waals surface area contributed by atoms with Crippen molar-refractivity contribution in [2.75, 3.05) is 6.54 Å². The molecular weight excluding hydrogens is 251 g/mol. The molecule has 1 aromatic heterocycles. The highest BCUT2D eigenvalue weighted by Gasteiger charge is 2.13. The predicted molar refractivity (Wildman–Crippen MR) is 80.1 cm³/mol. The van der Waals surface area contributed by atoms with Gasteiger partial charge < -0.3 is 5.32 Å². The number of halogens is 1. The van der Waals surface area contributed by atoms with Gasteiger partial charge in [0.15, 0.2) is 0 Å². The molecule has 2 nitrogen and oxygen atoms in total. The second-order valence-corrected chi connectivity index (χ2v) is 5.13. The summed E-state index contributed by atoms with van der Waals surface area (Å²) in [6.45, 7) is 4.97. The third-order valence-corrected chi connectivity index (χ3v) is 3.27. The number of hydrogen-bond acceptors (Lipinski definition) is 2. The Hall–Kier alpha value is -1.74. The van der Waals surface area contributed by atoms with Gasteiger partial charge in [0, 0.05) is 18.4 Å². The number of aryl methyl sites for hydroxylation is 1. The molecule has 0 aliphatic heterocycles. The summed E-state index contributed by atoms with van der Waals surface area (Å²) in [5, 5.41) is 3.49. The molecular formula is C17H21FN2. The van der Waals surface area contributed by atoms with E-state index in [9.17, 15) is 4.39 Å². The van der Waals surface area contributed by atoms with Crippen molar-refractivity contribution < 1.29 is 4.39 Å². The second kappa shape index (κ2) is 7.15. The van der Waals surface area contributed by atoms with E-state index in [4.69, 9.17) is 0 Å². The van der Waals surface area contributed by atoms with Crippen LogP contribution in [0.3, 0.4) is 0 Å². The van der Waals surface area contributed by atoms with Crippen molar-refractivity contribution in [1.82, 2.24) is 10.3 Å². The molecule has 2 aromatic rings. The first-order valence-corrected chi connectivity index (χ1v) is 7.08. The van der Waals surface area contributed by atoms with Crippen LogP contribution in [-0.4, -0.2) is 11.5 Å². The lowest BCUT2D eigenvalue weighted by Gasteiger charge is -2.19. The maximum absolute atomic E-state index is 13.6. The molecule has 0 radical (unpaired) electrons. The summed E-state index contributed by atoms with van der Waals surface area (Å²) in [5.74, 6) is -0.172. The van der Waals surface area contributed by atoms with Gasteiger partial charge in [0.05, 0.1) is 0 Å². The van der Waals surface area contributed by atoms with Crippen LogP contribution in [0.5, 0.6) is 0 Å². The maximum atomic E-state index is 13.6. The molecule has 3 heteroatoms. The smallest absolute Gasteiger partial charge is 0.123 e. The van der Waals surface area contributed by atoms with Crippen molar-refractivity contribution in [2.45, 2.75) is 32.7 Å². The van der Waals surface area contributed by atoms with Crippen molar-refractivity contribution in [3.8, 4) is 0 Å². The molecule has 0 fully saturated rings. The monoisotopic (exact) mass is 272 g/mol. The molecule has 1 atom stereocenters. The molecule has 20 heavy (non-hydrogen) atoms. The number of nitrogens with one attached hydrogen (secondary N) is 1. The van der Waals surface area contributed by atoms with Gasteiger partial charge in [0.1, 0.15) is 5.82 Å². The largest absolute Gasteiger partial charge is 0.310 e. The van der Waals surface area contributed by atoms with Crippen molar-refractivity contribution in [3.63, 3.8) is 0 Å². The lowest BCUT2D eigenvalue weighted by atomic mass is 9.98. The van der Waals surface area contributed by atoms with E-state index in [0.717, 1.165) is 36.1 Å². The Morgan fingerprint density at radius 1 is 1.30 bits per heavy atom. The van der Waals surface area contributed by atoms with Crippen molar-refractivity contribution in [2.24, 2.45) is 0 Å². The third kappa shape index (κ3) is 4.14. The molecule has 0 aliphatic carbocycles. The van der Waals surface area contributed by atoms with Gasteiger partial charge in [-0.15, -0.1) is 0 Å². The van der Waals surface area contributed by atoms with Crippen LogP contribution in [0.25, 0.3) is 0 Å². The summed E-state index contributed by atoms with van der Waals surface area (Å²) in [7, 11) is 0. The van der Waals surface area contributed by atoms with E-state index in [1.54, 1.807) is 18.3 Å². The van der Waals surface area contributed by atoms with Crippen molar-refractivity contribution >= 4 is 0 Å². The van der Waals surface area contributed by atoms with Crippen LogP contribution in [0.2, 0.25) is 0 Å². The van der Waals surface area contributed by atoms with Gasteiger partial charge in [0.25, 0.3) is 0 Å². The minimum atomic E-state index is -0.172. The average molecular weight is 272 g/mol. The van der Waals surface area contributed by atoms with Crippen LogP contribution in [-0.2, 0) is 6.42 Å². The van der Waals surface area contributed by atoms with Crippen LogP contribution in [0.1, 0.15) is 36.1 Å².